The summed E-state index contributed by atoms with van der Waals surface area (Å²) >= 11 is 0. The van der Waals surface area contributed by atoms with E-state index >= 15 is 0 Å². The fourth-order valence-corrected chi connectivity index (χ4v) is 2.23. The van der Waals surface area contributed by atoms with Crippen molar-refractivity contribution >= 4 is 11.8 Å². The van der Waals surface area contributed by atoms with Crippen molar-refractivity contribution in [2.75, 3.05) is 13.1 Å². The highest BCUT2D eigenvalue weighted by Gasteiger charge is 2.32. The van der Waals surface area contributed by atoms with Crippen LogP contribution in [0.15, 0.2) is 42.6 Å². The summed E-state index contributed by atoms with van der Waals surface area (Å²) in [5, 5.41) is 2.60. The Bertz CT molecular complexity index is 790. The first-order valence-corrected chi connectivity index (χ1v) is 8.04. The van der Waals surface area contributed by atoms with Gasteiger partial charge in [-0.15, -0.1) is 0 Å². The van der Waals surface area contributed by atoms with E-state index in [9.17, 15) is 27.2 Å². The Kier molecular flexibility index (Phi) is 6.49. The zero-order valence-electron chi connectivity index (χ0n) is 14.4. The van der Waals surface area contributed by atoms with E-state index in [1.54, 1.807) is 6.92 Å². The van der Waals surface area contributed by atoms with Gasteiger partial charge in [-0.25, -0.2) is 4.39 Å². The van der Waals surface area contributed by atoms with Gasteiger partial charge in [-0.1, -0.05) is 12.1 Å². The van der Waals surface area contributed by atoms with Crippen LogP contribution in [0.4, 0.5) is 17.6 Å². The lowest BCUT2D eigenvalue weighted by Gasteiger charge is -2.20. The molecule has 1 aromatic carbocycles. The van der Waals surface area contributed by atoms with Crippen molar-refractivity contribution in [3.8, 4) is 0 Å². The minimum atomic E-state index is -4.59. The molecule has 0 aliphatic rings. The van der Waals surface area contributed by atoms with Crippen LogP contribution >= 0.6 is 0 Å². The Labute approximate surface area is 153 Å². The van der Waals surface area contributed by atoms with Crippen LogP contribution in [-0.2, 0) is 17.5 Å². The molecular weight excluding hydrogens is 366 g/mol. The van der Waals surface area contributed by atoms with E-state index < -0.39 is 29.5 Å². The number of benzene rings is 1. The standard InChI is InChI=1S/C18H17F4N3O2/c1-2-25(11-16(26)24-9-12-3-6-14(19)7-4-12)17(27)13-5-8-15(23-10-13)18(20,21)22/h3-8,10H,2,9,11H2,1H3,(H,24,26). The van der Waals surface area contributed by atoms with E-state index in [1.165, 1.54) is 29.2 Å². The SMILES string of the molecule is CCN(CC(=O)NCc1ccc(F)cc1)C(=O)c1ccc(C(F)(F)F)nc1. The Balaban J connectivity index is 1.95. The van der Waals surface area contributed by atoms with Gasteiger partial charge in [0.25, 0.3) is 5.91 Å². The summed E-state index contributed by atoms with van der Waals surface area (Å²) in [6.45, 7) is 1.72. The quantitative estimate of drug-likeness (QED) is 0.780. The number of amides is 2. The maximum absolute atomic E-state index is 12.8. The number of likely N-dealkylation sites (N-methyl/N-ethyl adjacent to an activating group) is 1. The fraction of sp³-hybridized carbons (Fsp3) is 0.278. The van der Waals surface area contributed by atoms with Crippen LogP contribution in [0.1, 0.15) is 28.5 Å². The number of nitrogens with zero attached hydrogens (tertiary/aromatic N) is 2. The summed E-state index contributed by atoms with van der Waals surface area (Å²) in [6.07, 6.45) is -3.75. The smallest absolute Gasteiger partial charge is 0.350 e. The summed E-state index contributed by atoms with van der Waals surface area (Å²) in [5.41, 5.74) is -0.457. The molecule has 0 fully saturated rings. The first-order valence-electron chi connectivity index (χ1n) is 8.04. The second kappa shape index (κ2) is 8.61. The van der Waals surface area contributed by atoms with Crippen molar-refractivity contribution in [3.63, 3.8) is 0 Å². The molecular formula is C18H17F4N3O2. The third kappa shape index (κ3) is 5.77. The van der Waals surface area contributed by atoms with Gasteiger partial charge in [-0.05, 0) is 36.8 Å². The predicted molar refractivity (Wildman–Crippen MR) is 89.1 cm³/mol. The van der Waals surface area contributed by atoms with Gasteiger partial charge in [-0.3, -0.25) is 14.6 Å². The topological polar surface area (TPSA) is 62.3 Å². The summed E-state index contributed by atoms with van der Waals surface area (Å²) < 4.78 is 50.4. The van der Waals surface area contributed by atoms with Crippen LogP contribution in [0.25, 0.3) is 0 Å². The number of carbonyl (C=O) groups is 2. The molecule has 144 valence electrons. The summed E-state index contributed by atoms with van der Waals surface area (Å²) in [4.78, 5) is 28.8. The third-order valence-electron chi connectivity index (χ3n) is 3.71. The number of hydrogen-bond acceptors (Lipinski definition) is 3. The molecule has 27 heavy (non-hydrogen) atoms. The molecule has 0 saturated carbocycles. The van der Waals surface area contributed by atoms with Crippen LogP contribution in [0, 0.1) is 5.82 Å². The predicted octanol–water partition coefficient (Wildman–Crippen LogP) is 3.02. The highest BCUT2D eigenvalue weighted by Crippen LogP contribution is 2.27. The highest BCUT2D eigenvalue weighted by atomic mass is 19.4. The molecule has 0 saturated heterocycles. The molecule has 0 atom stereocenters. The normalized spacial score (nSPS) is 11.1. The molecule has 5 nitrogen and oxygen atoms in total. The van der Waals surface area contributed by atoms with Gasteiger partial charge in [-0.2, -0.15) is 13.2 Å². The number of pyridine rings is 1. The van der Waals surface area contributed by atoms with Gasteiger partial charge in [0.15, 0.2) is 0 Å². The number of aromatic nitrogens is 1. The number of rotatable bonds is 6. The Morgan fingerprint density at radius 2 is 1.78 bits per heavy atom. The van der Waals surface area contributed by atoms with Crippen LogP contribution in [0.2, 0.25) is 0 Å². The number of halogens is 4. The molecule has 2 aromatic rings. The molecule has 1 aromatic heterocycles. The monoisotopic (exact) mass is 383 g/mol. The Hall–Kier alpha value is -2.97. The van der Waals surface area contributed by atoms with Gasteiger partial charge in [0.2, 0.25) is 5.91 Å². The first-order chi connectivity index (χ1) is 12.7. The number of nitrogens with one attached hydrogen (secondary N) is 1. The molecule has 2 rings (SSSR count). The summed E-state index contributed by atoms with van der Waals surface area (Å²) in [5.74, 6) is -1.44. The van der Waals surface area contributed by atoms with Crippen LogP contribution < -0.4 is 5.32 Å². The molecule has 2 amide bonds. The van der Waals surface area contributed by atoms with E-state index in [1.807, 2.05) is 0 Å². The molecule has 0 unspecified atom stereocenters. The van der Waals surface area contributed by atoms with Crippen molar-refractivity contribution in [1.82, 2.24) is 15.2 Å². The van der Waals surface area contributed by atoms with Crippen LogP contribution in [-0.4, -0.2) is 34.8 Å². The number of hydrogen-bond donors (Lipinski definition) is 1. The van der Waals surface area contributed by atoms with Crippen molar-refractivity contribution in [2.45, 2.75) is 19.6 Å². The van der Waals surface area contributed by atoms with Gasteiger partial charge < -0.3 is 10.2 Å². The van der Waals surface area contributed by atoms with Gasteiger partial charge in [0.05, 0.1) is 12.1 Å². The largest absolute Gasteiger partial charge is 0.433 e. The minimum absolute atomic E-state index is 0.0452. The molecule has 1 heterocycles. The maximum atomic E-state index is 12.8. The molecule has 0 aliphatic heterocycles. The van der Waals surface area contributed by atoms with Crippen LogP contribution in [0.5, 0.6) is 0 Å². The van der Waals surface area contributed by atoms with Crippen molar-refractivity contribution in [3.05, 3.63) is 65.2 Å². The van der Waals surface area contributed by atoms with E-state index in [0.717, 1.165) is 18.3 Å². The number of carbonyl (C=O) groups excluding carboxylic acids is 2. The van der Waals surface area contributed by atoms with E-state index in [2.05, 4.69) is 10.3 Å². The molecule has 9 heteroatoms. The van der Waals surface area contributed by atoms with Gasteiger partial charge in [0, 0.05) is 19.3 Å². The van der Waals surface area contributed by atoms with Gasteiger partial charge in [0.1, 0.15) is 11.5 Å². The zero-order valence-corrected chi connectivity index (χ0v) is 14.4. The number of alkyl halides is 3. The van der Waals surface area contributed by atoms with E-state index in [0.29, 0.717) is 5.56 Å². The maximum Gasteiger partial charge on any atom is 0.433 e. The molecule has 0 spiro atoms. The molecule has 1 N–H and O–H groups in total. The average molecular weight is 383 g/mol. The van der Waals surface area contributed by atoms with Crippen LogP contribution in [0.3, 0.4) is 0 Å². The van der Waals surface area contributed by atoms with Gasteiger partial charge >= 0.3 is 6.18 Å². The first kappa shape index (κ1) is 20.3. The van der Waals surface area contributed by atoms with Crippen molar-refractivity contribution in [2.24, 2.45) is 0 Å². The molecule has 0 aliphatic carbocycles. The zero-order chi connectivity index (χ0) is 20.0. The summed E-state index contributed by atoms with van der Waals surface area (Å²) in [6, 6.07) is 7.31. The third-order valence-corrected chi connectivity index (χ3v) is 3.71. The van der Waals surface area contributed by atoms with Crippen molar-refractivity contribution < 1.29 is 27.2 Å². The second-order valence-corrected chi connectivity index (χ2v) is 5.65. The highest BCUT2D eigenvalue weighted by molar-refractivity contribution is 5.96. The van der Waals surface area contributed by atoms with E-state index in [4.69, 9.17) is 0 Å². The van der Waals surface area contributed by atoms with Crippen molar-refractivity contribution in [1.29, 1.82) is 0 Å². The average Bonchev–Trinajstić information content (AvgIpc) is 2.64. The fourth-order valence-electron chi connectivity index (χ4n) is 2.23. The molecule has 0 radical (unpaired) electrons. The lowest BCUT2D eigenvalue weighted by atomic mass is 10.2. The lowest BCUT2D eigenvalue weighted by Crippen LogP contribution is -2.40. The Morgan fingerprint density at radius 1 is 1.11 bits per heavy atom. The minimum Gasteiger partial charge on any atom is -0.350 e. The lowest BCUT2D eigenvalue weighted by molar-refractivity contribution is -0.141. The Morgan fingerprint density at radius 3 is 2.30 bits per heavy atom. The van der Waals surface area contributed by atoms with E-state index in [-0.39, 0.29) is 25.2 Å². The summed E-state index contributed by atoms with van der Waals surface area (Å²) in [7, 11) is 0. The second-order valence-electron chi connectivity index (χ2n) is 5.65. The molecule has 0 bridgehead atoms.